The molecule has 468 valence electrons. The average Bonchev–Trinajstić information content (AvgIpc) is 3.46. The van der Waals surface area contributed by atoms with Crippen LogP contribution in [-0.2, 0) is 28.6 Å². The lowest BCUT2D eigenvalue weighted by Gasteiger charge is -2.18. The maximum Gasteiger partial charge on any atom is 0.306 e. The Balaban J connectivity index is 4.15. The van der Waals surface area contributed by atoms with Gasteiger partial charge in [-0.1, -0.05) is 333 Å². The van der Waals surface area contributed by atoms with Crippen LogP contribution in [0.25, 0.3) is 0 Å². The number of carbonyl (C=O) groups excluding carboxylic acids is 3. The van der Waals surface area contributed by atoms with Crippen molar-refractivity contribution in [3.63, 3.8) is 0 Å². The summed E-state index contributed by atoms with van der Waals surface area (Å²) in [6.45, 7) is 6.66. The highest BCUT2D eigenvalue weighted by atomic mass is 16.6. The zero-order valence-corrected chi connectivity index (χ0v) is 53.9. The minimum Gasteiger partial charge on any atom is -0.462 e. The van der Waals surface area contributed by atoms with E-state index in [1.165, 1.54) is 270 Å². The lowest BCUT2D eigenvalue weighted by molar-refractivity contribution is -0.167. The van der Waals surface area contributed by atoms with E-state index in [1.807, 2.05) is 0 Å². The van der Waals surface area contributed by atoms with Crippen LogP contribution in [0.4, 0.5) is 0 Å². The molecule has 6 heteroatoms. The van der Waals surface area contributed by atoms with E-state index >= 15 is 0 Å². The van der Waals surface area contributed by atoms with Crippen molar-refractivity contribution >= 4 is 17.9 Å². The predicted octanol–water partition coefficient (Wildman–Crippen LogP) is 24.5. The van der Waals surface area contributed by atoms with Gasteiger partial charge in [-0.2, -0.15) is 0 Å². The van der Waals surface area contributed by atoms with Gasteiger partial charge >= 0.3 is 17.9 Å². The van der Waals surface area contributed by atoms with Gasteiger partial charge in [-0.3, -0.25) is 14.4 Å². The fraction of sp³-hybridized carbons (Fsp3) is 0.851. The number of carbonyl (C=O) groups is 3. The van der Waals surface area contributed by atoms with Gasteiger partial charge in [0.2, 0.25) is 0 Å². The summed E-state index contributed by atoms with van der Waals surface area (Å²) in [6.07, 6.45) is 87.2. The number of esters is 3. The number of rotatable bonds is 66. The normalized spacial score (nSPS) is 12.3. The first-order valence-electron chi connectivity index (χ1n) is 35.6. The van der Waals surface area contributed by atoms with Gasteiger partial charge in [0.15, 0.2) is 6.10 Å². The second-order valence-corrected chi connectivity index (χ2v) is 24.1. The molecule has 0 N–H and O–H groups in total. The Kier molecular flexibility index (Phi) is 66.6. The molecular formula is C74H136O6. The lowest BCUT2D eigenvalue weighted by atomic mass is 10.0. The molecule has 0 aliphatic heterocycles. The van der Waals surface area contributed by atoms with E-state index in [4.69, 9.17) is 14.2 Å². The highest BCUT2D eigenvalue weighted by Gasteiger charge is 2.19. The molecule has 0 bridgehead atoms. The van der Waals surface area contributed by atoms with Crippen molar-refractivity contribution in [3.8, 4) is 0 Å². The fourth-order valence-corrected chi connectivity index (χ4v) is 10.7. The van der Waals surface area contributed by atoms with Crippen LogP contribution in [0.1, 0.15) is 387 Å². The van der Waals surface area contributed by atoms with E-state index in [9.17, 15) is 14.4 Å². The summed E-state index contributed by atoms with van der Waals surface area (Å²) in [6, 6.07) is 0. The standard InChI is InChI=1S/C74H136O6/c1-4-7-10-13-16-19-22-25-27-29-31-32-33-34-35-36-37-38-39-40-41-42-44-45-47-49-52-55-58-61-64-67-73(76)79-70-71(69-78-72(75)66-63-60-57-54-51-24-21-18-15-12-9-6-3)80-74(77)68-65-62-59-56-53-50-48-46-43-30-28-26-23-20-17-14-11-8-5-2/h18,21-22,25,29,31,33-34,71H,4-17,19-20,23-24,26-28,30,32,35-70H2,1-3H3/b21-18-,25-22-,31-29-,34-33-. The molecule has 0 aromatic rings. The number of ether oxygens (including phenoxy) is 3. The van der Waals surface area contributed by atoms with E-state index in [0.717, 1.165) is 77.0 Å². The molecule has 6 nitrogen and oxygen atoms in total. The molecule has 0 aromatic heterocycles. The quantitative estimate of drug-likeness (QED) is 0.0261. The zero-order chi connectivity index (χ0) is 57.8. The van der Waals surface area contributed by atoms with Gasteiger partial charge in [0, 0.05) is 19.3 Å². The summed E-state index contributed by atoms with van der Waals surface area (Å²) in [4.78, 5) is 38.4. The van der Waals surface area contributed by atoms with Gasteiger partial charge < -0.3 is 14.2 Å². The molecule has 0 aromatic carbocycles. The average molecular weight is 1120 g/mol. The summed E-state index contributed by atoms with van der Waals surface area (Å²) in [5.74, 6) is -0.854. The molecule has 1 unspecified atom stereocenters. The summed E-state index contributed by atoms with van der Waals surface area (Å²) in [5, 5.41) is 0. The van der Waals surface area contributed by atoms with E-state index in [1.54, 1.807) is 0 Å². The minimum absolute atomic E-state index is 0.0705. The molecule has 0 heterocycles. The SMILES string of the molecule is CCCCC/C=C\CCCCCCCC(=O)OCC(COC(=O)CCCCCCCCCCCCCCCCCC/C=C\C/C=C\C/C=C\CCCCCCC)OC(=O)CCCCCCCCCCCCCCCCCCCCC. The van der Waals surface area contributed by atoms with Gasteiger partial charge in [-0.15, -0.1) is 0 Å². The van der Waals surface area contributed by atoms with Crippen LogP contribution < -0.4 is 0 Å². The van der Waals surface area contributed by atoms with Gasteiger partial charge in [0.05, 0.1) is 0 Å². The largest absolute Gasteiger partial charge is 0.462 e. The third kappa shape index (κ3) is 66.2. The summed E-state index contributed by atoms with van der Waals surface area (Å²) < 4.78 is 17.0. The monoisotopic (exact) mass is 1120 g/mol. The van der Waals surface area contributed by atoms with Crippen molar-refractivity contribution in [2.24, 2.45) is 0 Å². The van der Waals surface area contributed by atoms with Crippen molar-refractivity contribution in [2.45, 2.75) is 393 Å². The molecule has 0 spiro atoms. The van der Waals surface area contributed by atoms with E-state index in [0.29, 0.717) is 19.3 Å². The topological polar surface area (TPSA) is 78.9 Å². The van der Waals surface area contributed by atoms with Gasteiger partial charge in [0.1, 0.15) is 13.2 Å². The molecule has 0 radical (unpaired) electrons. The molecule has 0 amide bonds. The van der Waals surface area contributed by atoms with E-state index in [-0.39, 0.29) is 31.1 Å². The van der Waals surface area contributed by atoms with Crippen LogP contribution >= 0.6 is 0 Å². The number of hydrogen-bond acceptors (Lipinski definition) is 6. The van der Waals surface area contributed by atoms with Crippen molar-refractivity contribution < 1.29 is 28.6 Å². The van der Waals surface area contributed by atoms with Crippen LogP contribution in [0.15, 0.2) is 48.6 Å². The van der Waals surface area contributed by atoms with Crippen LogP contribution in [-0.4, -0.2) is 37.2 Å². The highest BCUT2D eigenvalue weighted by molar-refractivity contribution is 5.71. The molecule has 0 saturated carbocycles. The number of allylic oxidation sites excluding steroid dienone is 8. The molecule has 0 aliphatic carbocycles. The van der Waals surface area contributed by atoms with E-state index < -0.39 is 6.10 Å². The van der Waals surface area contributed by atoms with Gasteiger partial charge in [0.25, 0.3) is 0 Å². The van der Waals surface area contributed by atoms with Crippen LogP contribution in [0.2, 0.25) is 0 Å². The van der Waals surface area contributed by atoms with Crippen molar-refractivity contribution in [3.05, 3.63) is 48.6 Å². The maximum absolute atomic E-state index is 12.9. The van der Waals surface area contributed by atoms with Crippen molar-refractivity contribution in [1.29, 1.82) is 0 Å². The number of hydrogen-bond donors (Lipinski definition) is 0. The Bertz CT molecular complexity index is 1380. The first-order valence-corrected chi connectivity index (χ1v) is 35.6. The number of unbranched alkanes of at least 4 members (excludes halogenated alkanes) is 47. The lowest BCUT2D eigenvalue weighted by Crippen LogP contribution is -2.30. The molecule has 0 aliphatic rings. The van der Waals surface area contributed by atoms with Crippen molar-refractivity contribution in [2.75, 3.05) is 13.2 Å². The Morgan fingerprint density at radius 1 is 0.250 bits per heavy atom. The maximum atomic E-state index is 12.9. The molecular weight excluding hydrogens is 985 g/mol. The van der Waals surface area contributed by atoms with Crippen LogP contribution in [0.5, 0.6) is 0 Å². The molecule has 0 saturated heterocycles. The first-order chi connectivity index (χ1) is 39.5. The fourth-order valence-electron chi connectivity index (χ4n) is 10.7. The molecule has 1 atom stereocenters. The summed E-state index contributed by atoms with van der Waals surface area (Å²) in [5.41, 5.74) is 0. The Morgan fingerprint density at radius 3 is 0.738 bits per heavy atom. The van der Waals surface area contributed by atoms with Crippen LogP contribution in [0, 0.1) is 0 Å². The second kappa shape index (κ2) is 68.9. The van der Waals surface area contributed by atoms with Gasteiger partial charge in [-0.25, -0.2) is 0 Å². The first kappa shape index (κ1) is 77.4. The Labute approximate surface area is 498 Å². The minimum atomic E-state index is -0.774. The third-order valence-corrected chi connectivity index (χ3v) is 16.1. The molecule has 0 fully saturated rings. The summed E-state index contributed by atoms with van der Waals surface area (Å²) in [7, 11) is 0. The van der Waals surface area contributed by atoms with Gasteiger partial charge in [-0.05, 0) is 83.5 Å². The molecule has 80 heavy (non-hydrogen) atoms. The highest BCUT2D eigenvalue weighted by Crippen LogP contribution is 2.18. The van der Waals surface area contributed by atoms with Crippen LogP contribution in [0.3, 0.4) is 0 Å². The predicted molar refractivity (Wildman–Crippen MR) is 349 cm³/mol. The smallest absolute Gasteiger partial charge is 0.306 e. The summed E-state index contributed by atoms with van der Waals surface area (Å²) >= 11 is 0. The Morgan fingerprint density at radius 2 is 0.450 bits per heavy atom. The third-order valence-electron chi connectivity index (χ3n) is 16.1. The van der Waals surface area contributed by atoms with Crippen molar-refractivity contribution in [1.82, 2.24) is 0 Å². The Hall–Kier alpha value is -2.63. The second-order valence-electron chi connectivity index (χ2n) is 24.1. The molecule has 0 rings (SSSR count). The van der Waals surface area contributed by atoms with E-state index in [2.05, 4.69) is 69.4 Å². The zero-order valence-electron chi connectivity index (χ0n) is 53.9.